The maximum Gasteiger partial charge on any atom is 0.294 e. The summed E-state index contributed by atoms with van der Waals surface area (Å²) >= 11 is 5.66. The van der Waals surface area contributed by atoms with E-state index in [9.17, 15) is 14.9 Å². The Hall–Kier alpha value is -1.66. The van der Waals surface area contributed by atoms with Crippen molar-refractivity contribution in [2.75, 3.05) is 18.5 Å². The second kappa shape index (κ2) is 6.93. The highest BCUT2D eigenvalue weighted by Crippen LogP contribution is 2.27. The third-order valence-corrected chi connectivity index (χ3v) is 2.25. The van der Waals surface area contributed by atoms with Crippen LogP contribution < -0.4 is 5.32 Å². The number of hydrogen-bond acceptors (Lipinski definition) is 4. The van der Waals surface area contributed by atoms with Crippen LogP contribution >= 0.6 is 11.6 Å². The van der Waals surface area contributed by atoms with Crippen molar-refractivity contribution in [2.45, 2.75) is 13.3 Å². The van der Waals surface area contributed by atoms with Crippen molar-refractivity contribution in [1.82, 2.24) is 0 Å². The van der Waals surface area contributed by atoms with E-state index in [1.54, 1.807) is 0 Å². The van der Waals surface area contributed by atoms with Gasteiger partial charge in [0.1, 0.15) is 12.3 Å². The quantitative estimate of drug-likeness (QED) is 0.490. The first kappa shape index (κ1) is 14.4. The van der Waals surface area contributed by atoms with Gasteiger partial charge in [0.05, 0.1) is 4.92 Å². The van der Waals surface area contributed by atoms with Crippen molar-refractivity contribution in [3.8, 4) is 0 Å². The molecule has 0 atom stereocenters. The van der Waals surface area contributed by atoms with Crippen molar-refractivity contribution in [3.63, 3.8) is 0 Å². The smallest absolute Gasteiger partial charge is 0.294 e. The van der Waals surface area contributed by atoms with E-state index >= 15 is 0 Å². The molecule has 0 radical (unpaired) electrons. The Kier molecular flexibility index (Phi) is 5.54. The van der Waals surface area contributed by atoms with Crippen molar-refractivity contribution in [3.05, 3.63) is 33.3 Å². The van der Waals surface area contributed by atoms with Crippen LogP contribution in [0.5, 0.6) is 0 Å². The molecule has 0 aliphatic rings. The van der Waals surface area contributed by atoms with Gasteiger partial charge in [0.15, 0.2) is 0 Å². The molecule has 7 heteroatoms. The minimum absolute atomic E-state index is 0.106. The minimum atomic E-state index is -0.603. The van der Waals surface area contributed by atoms with Crippen molar-refractivity contribution in [2.24, 2.45) is 0 Å². The highest BCUT2D eigenvalue weighted by Gasteiger charge is 2.16. The van der Waals surface area contributed by atoms with Crippen molar-refractivity contribution in [1.29, 1.82) is 0 Å². The molecule has 0 spiro atoms. The van der Waals surface area contributed by atoms with Crippen LogP contribution in [0.1, 0.15) is 13.3 Å². The molecule has 18 heavy (non-hydrogen) atoms. The molecule has 0 saturated carbocycles. The van der Waals surface area contributed by atoms with Gasteiger partial charge in [0, 0.05) is 17.7 Å². The summed E-state index contributed by atoms with van der Waals surface area (Å²) in [6.07, 6.45) is 0.800. The van der Waals surface area contributed by atoms with Crippen molar-refractivity contribution < 1.29 is 14.5 Å². The third kappa shape index (κ3) is 4.31. The number of halogens is 1. The number of rotatable bonds is 6. The van der Waals surface area contributed by atoms with Crippen molar-refractivity contribution >= 4 is 28.9 Å². The Morgan fingerprint density at radius 1 is 1.56 bits per heavy atom. The normalized spacial score (nSPS) is 10.1. The number of amides is 1. The number of carbonyl (C=O) groups excluding carboxylic acids is 1. The van der Waals surface area contributed by atoms with Gasteiger partial charge >= 0.3 is 0 Å². The highest BCUT2D eigenvalue weighted by molar-refractivity contribution is 6.31. The molecular formula is C11H13ClN2O4. The summed E-state index contributed by atoms with van der Waals surface area (Å²) in [6, 6.07) is 4.04. The molecule has 0 aromatic heterocycles. The Balaban J connectivity index is 2.72. The number of ether oxygens (including phenoxy) is 1. The lowest BCUT2D eigenvalue weighted by atomic mass is 10.2. The van der Waals surface area contributed by atoms with Gasteiger partial charge in [-0.2, -0.15) is 0 Å². The van der Waals surface area contributed by atoms with Gasteiger partial charge < -0.3 is 10.1 Å². The van der Waals surface area contributed by atoms with E-state index in [4.69, 9.17) is 16.3 Å². The number of nitro benzene ring substituents is 1. The first-order valence-electron chi connectivity index (χ1n) is 5.36. The van der Waals surface area contributed by atoms with Gasteiger partial charge in [-0.05, 0) is 18.6 Å². The Morgan fingerprint density at radius 2 is 2.28 bits per heavy atom. The lowest BCUT2D eigenvalue weighted by Crippen LogP contribution is -2.19. The summed E-state index contributed by atoms with van der Waals surface area (Å²) in [6.45, 7) is 2.26. The topological polar surface area (TPSA) is 81.5 Å². The fourth-order valence-corrected chi connectivity index (χ4v) is 1.42. The molecule has 1 aromatic rings. The van der Waals surface area contributed by atoms with E-state index in [1.165, 1.54) is 18.2 Å². The summed E-state index contributed by atoms with van der Waals surface area (Å²) in [5, 5.41) is 13.4. The lowest BCUT2D eigenvalue weighted by molar-refractivity contribution is -0.383. The number of benzene rings is 1. The zero-order valence-electron chi connectivity index (χ0n) is 9.81. The lowest BCUT2D eigenvalue weighted by Gasteiger charge is -2.06. The largest absolute Gasteiger partial charge is 0.372 e. The molecule has 0 bridgehead atoms. The monoisotopic (exact) mass is 272 g/mol. The SMILES string of the molecule is CCCOCC(=O)Nc1ccc(Cl)cc1[N+](=O)[O-]. The van der Waals surface area contributed by atoms with Crippen LogP contribution in [0.25, 0.3) is 0 Å². The predicted molar refractivity (Wildman–Crippen MR) is 67.8 cm³/mol. The molecule has 0 saturated heterocycles. The van der Waals surface area contributed by atoms with E-state index < -0.39 is 10.8 Å². The molecule has 0 aliphatic heterocycles. The molecule has 1 N–H and O–H groups in total. The Morgan fingerprint density at radius 3 is 2.89 bits per heavy atom. The van der Waals surface area contributed by atoms with Gasteiger partial charge in [0.25, 0.3) is 11.6 Å². The van der Waals surface area contributed by atoms with Crippen LogP contribution in [0.15, 0.2) is 18.2 Å². The number of hydrogen-bond donors (Lipinski definition) is 1. The fourth-order valence-electron chi connectivity index (χ4n) is 1.26. The van der Waals surface area contributed by atoms with Crippen LogP contribution in [0.4, 0.5) is 11.4 Å². The number of nitro groups is 1. The summed E-state index contributed by atoms with van der Waals surface area (Å²) in [5.74, 6) is -0.436. The van der Waals surface area contributed by atoms with E-state index in [1.807, 2.05) is 6.92 Å². The minimum Gasteiger partial charge on any atom is -0.372 e. The van der Waals surface area contributed by atoms with Crippen LogP contribution in [0.3, 0.4) is 0 Å². The zero-order valence-corrected chi connectivity index (χ0v) is 10.6. The number of carbonyl (C=O) groups is 1. The van der Waals surface area contributed by atoms with Gasteiger partial charge in [-0.1, -0.05) is 18.5 Å². The second-order valence-corrected chi connectivity index (χ2v) is 3.96. The molecule has 1 rings (SSSR count). The molecule has 98 valence electrons. The van der Waals surface area contributed by atoms with Gasteiger partial charge in [0.2, 0.25) is 0 Å². The Bertz CT molecular complexity index is 451. The molecule has 0 aliphatic carbocycles. The molecule has 0 unspecified atom stereocenters. The fraction of sp³-hybridized carbons (Fsp3) is 0.364. The molecular weight excluding hydrogens is 260 g/mol. The van der Waals surface area contributed by atoms with E-state index in [0.717, 1.165) is 6.42 Å². The summed E-state index contributed by atoms with van der Waals surface area (Å²) in [4.78, 5) is 21.6. The highest BCUT2D eigenvalue weighted by atomic mass is 35.5. The number of anilines is 1. The van der Waals surface area contributed by atoms with Crippen LogP contribution in [0, 0.1) is 10.1 Å². The van der Waals surface area contributed by atoms with Crippen LogP contribution in [-0.4, -0.2) is 24.0 Å². The van der Waals surface area contributed by atoms with E-state index in [0.29, 0.717) is 6.61 Å². The first-order valence-corrected chi connectivity index (χ1v) is 5.74. The van der Waals surface area contributed by atoms with Crippen LogP contribution in [0.2, 0.25) is 5.02 Å². The second-order valence-electron chi connectivity index (χ2n) is 3.52. The number of nitrogens with zero attached hydrogens (tertiary/aromatic N) is 1. The number of nitrogens with one attached hydrogen (secondary N) is 1. The van der Waals surface area contributed by atoms with E-state index in [2.05, 4.69) is 5.32 Å². The molecule has 1 aromatic carbocycles. The summed E-state index contributed by atoms with van der Waals surface area (Å²) < 4.78 is 5.03. The maximum atomic E-state index is 11.5. The zero-order chi connectivity index (χ0) is 13.5. The first-order chi connectivity index (χ1) is 8.54. The average molecular weight is 273 g/mol. The van der Waals surface area contributed by atoms with Gasteiger partial charge in [-0.25, -0.2) is 0 Å². The predicted octanol–water partition coefficient (Wildman–Crippen LogP) is 2.61. The van der Waals surface area contributed by atoms with Gasteiger partial charge in [-0.15, -0.1) is 0 Å². The molecule has 6 nitrogen and oxygen atoms in total. The average Bonchev–Trinajstić information content (AvgIpc) is 2.31. The van der Waals surface area contributed by atoms with Gasteiger partial charge in [-0.3, -0.25) is 14.9 Å². The summed E-state index contributed by atoms with van der Waals surface area (Å²) in [7, 11) is 0. The Labute approximate surface area is 109 Å². The third-order valence-electron chi connectivity index (χ3n) is 2.01. The standard InChI is InChI=1S/C11H13ClN2O4/c1-2-5-18-7-11(15)13-9-4-3-8(12)6-10(9)14(16)17/h3-4,6H,2,5,7H2,1H3,(H,13,15). The van der Waals surface area contributed by atoms with E-state index in [-0.39, 0.29) is 23.0 Å². The maximum absolute atomic E-state index is 11.5. The molecule has 1 amide bonds. The summed E-state index contributed by atoms with van der Waals surface area (Å²) in [5.41, 5.74) is -0.138. The van der Waals surface area contributed by atoms with Crippen LogP contribution in [-0.2, 0) is 9.53 Å². The molecule has 0 heterocycles. The molecule has 0 fully saturated rings.